The van der Waals surface area contributed by atoms with Crippen LogP contribution >= 0.6 is 0 Å². The average molecular weight is 289 g/mol. The molecule has 0 aromatic heterocycles. The Morgan fingerprint density at radius 1 is 1.33 bits per heavy atom. The molecule has 21 heavy (non-hydrogen) atoms. The summed E-state index contributed by atoms with van der Waals surface area (Å²) in [6.45, 7) is 10.4. The standard InChI is InChI=1S/C17H27N3O/c1-4-18-16-7-5-15(6-8-16)17(21)19-11-14-9-10-20(12-14)13(2)3/h5-8,13-14,18H,4,9-12H2,1-3H3,(H,19,21). The molecule has 1 heterocycles. The summed E-state index contributed by atoms with van der Waals surface area (Å²) in [5, 5.41) is 6.29. The van der Waals surface area contributed by atoms with Gasteiger partial charge >= 0.3 is 0 Å². The lowest BCUT2D eigenvalue weighted by Gasteiger charge is -2.20. The molecule has 1 amide bonds. The second kappa shape index (κ2) is 7.46. The molecule has 1 atom stereocenters. The number of carbonyl (C=O) groups excluding carboxylic acids is 1. The molecule has 0 saturated carbocycles. The van der Waals surface area contributed by atoms with Crippen LogP contribution < -0.4 is 10.6 Å². The van der Waals surface area contributed by atoms with Gasteiger partial charge in [-0.2, -0.15) is 0 Å². The molecule has 1 aliphatic heterocycles. The molecule has 0 spiro atoms. The van der Waals surface area contributed by atoms with Gasteiger partial charge in [-0.15, -0.1) is 0 Å². The molecular weight excluding hydrogens is 262 g/mol. The number of carbonyl (C=O) groups is 1. The minimum atomic E-state index is 0.0287. The second-order valence-corrected chi connectivity index (χ2v) is 6.06. The Hall–Kier alpha value is -1.55. The summed E-state index contributed by atoms with van der Waals surface area (Å²) in [5.74, 6) is 0.610. The first kappa shape index (κ1) is 15.8. The first-order valence-corrected chi connectivity index (χ1v) is 7.96. The number of rotatable bonds is 6. The van der Waals surface area contributed by atoms with Crippen molar-refractivity contribution in [3.8, 4) is 0 Å². The SMILES string of the molecule is CCNc1ccc(C(=O)NCC2CCN(C(C)C)C2)cc1. The number of hydrogen-bond donors (Lipinski definition) is 2. The Kier molecular flexibility index (Phi) is 5.62. The fourth-order valence-corrected chi connectivity index (χ4v) is 2.78. The van der Waals surface area contributed by atoms with Crippen molar-refractivity contribution < 1.29 is 4.79 Å². The van der Waals surface area contributed by atoms with Crippen LogP contribution in [0.25, 0.3) is 0 Å². The highest BCUT2D eigenvalue weighted by Gasteiger charge is 2.24. The molecule has 4 nitrogen and oxygen atoms in total. The van der Waals surface area contributed by atoms with Gasteiger partial charge < -0.3 is 15.5 Å². The van der Waals surface area contributed by atoms with E-state index in [9.17, 15) is 4.79 Å². The van der Waals surface area contributed by atoms with Crippen molar-refractivity contribution in [2.75, 3.05) is 31.5 Å². The lowest BCUT2D eigenvalue weighted by atomic mass is 10.1. The molecule has 2 rings (SSSR count). The second-order valence-electron chi connectivity index (χ2n) is 6.06. The molecule has 1 unspecified atom stereocenters. The molecule has 1 saturated heterocycles. The summed E-state index contributed by atoms with van der Waals surface area (Å²) in [6, 6.07) is 8.26. The maximum Gasteiger partial charge on any atom is 0.251 e. The van der Waals surface area contributed by atoms with Gasteiger partial charge in [-0.1, -0.05) is 0 Å². The van der Waals surface area contributed by atoms with Crippen molar-refractivity contribution in [1.29, 1.82) is 0 Å². The van der Waals surface area contributed by atoms with Crippen molar-refractivity contribution in [1.82, 2.24) is 10.2 Å². The Morgan fingerprint density at radius 2 is 2.05 bits per heavy atom. The van der Waals surface area contributed by atoms with E-state index < -0.39 is 0 Å². The summed E-state index contributed by atoms with van der Waals surface area (Å²) >= 11 is 0. The van der Waals surface area contributed by atoms with E-state index in [-0.39, 0.29) is 5.91 Å². The van der Waals surface area contributed by atoms with E-state index in [0.29, 0.717) is 12.0 Å². The smallest absolute Gasteiger partial charge is 0.251 e. The lowest BCUT2D eigenvalue weighted by molar-refractivity contribution is 0.0947. The fourth-order valence-electron chi connectivity index (χ4n) is 2.78. The van der Waals surface area contributed by atoms with Gasteiger partial charge in [0.2, 0.25) is 0 Å². The molecule has 0 aliphatic carbocycles. The van der Waals surface area contributed by atoms with Gasteiger partial charge in [-0.05, 0) is 63.9 Å². The predicted octanol–water partition coefficient (Wildman–Crippen LogP) is 2.58. The molecule has 0 bridgehead atoms. The maximum atomic E-state index is 12.1. The third-order valence-corrected chi connectivity index (χ3v) is 4.13. The topological polar surface area (TPSA) is 44.4 Å². The zero-order valence-corrected chi connectivity index (χ0v) is 13.4. The summed E-state index contributed by atoms with van der Waals surface area (Å²) in [6.07, 6.45) is 1.18. The van der Waals surface area contributed by atoms with Crippen LogP contribution in [0.5, 0.6) is 0 Å². The van der Waals surface area contributed by atoms with Gasteiger partial charge in [-0.25, -0.2) is 0 Å². The van der Waals surface area contributed by atoms with Crippen LogP contribution in [0.2, 0.25) is 0 Å². The third-order valence-electron chi connectivity index (χ3n) is 4.13. The van der Waals surface area contributed by atoms with Gasteiger partial charge in [0, 0.05) is 36.9 Å². The van der Waals surface area contributed by atoms with Crippen molar-refractivity contribution in [2.45, 2.75) is 33.2 Å². The molecule has 4 heteroatoms. The van der Waals surface area contributed by atoms with E-state index in [0.717, 1.165) is 37.4 Å². The van der Waals surface area contributed by atoms with Crippen molar-refractivity contribution in [3.63, 3.8) is 0 Å². The van der Waals surface area contributed by atoms with Gasteiger partial charge in [0.1, 0.15) is 0 Å². The van der Waals surface area contributed by atoms with E-state index >= 15 is 0 Å². The van der Waals surface area contributed by atoms with Crippen LogP contribution in [0.15, 0.2) is 24.3 Å². The van der Waals surface area contributed by atoms with Crippen LogP contribution in [0.1, 0.15) is 37.6 Å². The van der Waals surface area contributed by atoms with E-state index in [1.165, 1.54) is 6.42 Å². The Bertz CT molecular complexity index is 456. The zero-order valence-electron chi connectivity index (χ0n) is 13.4. The molecule has 1 aliphatic rings. The quantitative estimate of drug-likeness (QED) is 0.846. The van der Waals surface area contributed by atoms with E-state index in [4.69, 9.17) is 0 Å². The number of anilines is 1. The largest absolute Gasteiger partial charge is 0.385 e. The highest BCUT2D eigenvalue weighted by Crippen LogP contribution is 2.17. The zero-order chi connectivity index (χ0) is 15.2. The number of nitrogens with one attached hydrogen (secondary N) is 2. The molecule has 116 valence electrons. The first-order chi connectivity index (χ1) is 10.1. The predicted molar refractivity (Wildman–Crippen MR) is 87.8 cm³/mol. The summed E-state index contributed by atoms with van der Waals surface area (Å²) in [4.78, 5) is 14.6. The molecule has 1 fully saturated rings. The lowest BCUT2D eigenvalue weighted by Crippen LogP contribution is -2.32. The Labute approximate surface area is 127 Å². The number of likely N-dealkylation sites (tertiary alicyclic amines) is 1. The van der Waals surface area contributed by atoms with E-state index in [2.05, 4.69) is 36.3 Å². The highest BCUT2D eigenvalue weighted by atomic mass is 16.1. The number of amides is 1. The van der Waals surface area contributed by atoms with Crippen LogP contribution in [0.4, 0.5) is 5.69 Å². The Balaban J connectivity index is 1.79. The minimum absolute atomic E-state index is 0.0287. The fraction of sp³-hybridized carbons (Fsp3) is 0.588. The third kappa shape index (κ3) is 4.46. The van der Waals surface area contributed by atoms with Crippen LogP contribution in [-0.4, -0.2) is 43.0 Å². The molecule has 2 N–H and O–H groups in total. The Morgan fingerprint density at radius 3 is 2.62 bits per heavy atom. The first-order valence-electron chi connectivity index (χ1n) is 7.96. The van der Waals surface area contributed by atoms with Crippen LogP contribution in [-0.2, 0) is 0 Å². The molecule has 1 aromatic rings. The van der Waals surface area contributed by atoms with Crippen molar-refractivity contribution >= 4 is 11.6 Å². The van der Waals surface area contributed by atoms with Crippen molar-refractivity contribution in [2.24, 2.45) is 5.92 Å². The van der Waals surface area contributed by atoms with E-state index in [1.54, 1.807) is 0 Å². The van der Waals surface area contributed by atoms with Gasteiger partial charge in [-0.3, -0.25) is 4.79 Å². The molecule has 0 radical (unpaired) electrons. The number of benzene rings is 1. The average Bonchev–Trinajstić information content (AvgIpc) is 2.95. The maximum absolute atomic E-state index is 12.1. The summed E-state index contributed by atoms with van der Waals surface area (Å²) < 4.78 is 0. The minimum Gasteiger partial charge on any atom is -0.385 e. The van der Waals surface area contributed by atoms with E-state index in [1.807, 2.05) is 24.3 Å². The summed E-state index contributed by atoms with van der Waals surface area (Å²) in [7, 11) is 0. The molecular formula is C17H27N3O. The number of hydrogen-bond acceptors (Lipinski definition) is 3. The highest BCUT2D eigenvalue weighted by molar-refractivity contribution is 5.94. The van der Waals surface area contributed by atoms with Gasteiger partial charge in [0.05, 0.1) is 0 Å². The van der Waals surface area contributed by atoms with Crippen LogP contribution in [0, 0.1) is 5.92 Å². The summed E-state index contributed by atoms with van der Waals surface area (Å²) in [5.41, 5.74) is 1.78. The molecule has 1 aromatic carbocycles. The van der Waals surface area contributed by atoms with Gasteiger partial charge in [0.25, 0.3) is 5.91 Å². The number of nitrogens with zero attached hydrogens (tertiary/aromatic N) is 1. The van der Waals surface area contributed by atoms with Gasteiger partial charge in [0.15, 0.2) is 0 Å². The monoisotopic (exact) mass is 289 g/mol. The van der Waals surface area contributed by atoms with Crippen LogP contribution in [0.3, 0.4) is 0 Å². The van der Waals surface area contributed by atoms with Crippen molar-refractivity contribution in [3.05, 3.63) is 29.8 Å². The normalized spacial score (nSPS) is 19.0.